The van der Waals surface area contributed by atoms with Gasteiger partial charge in [0.1, 0.15) is 0 Å². The van der Waals surface area contributed by atoms with Crippen LogP contribution in [0.4, 0.5) is 5.95 Å². The molecule has 0 unspecified atom stereocenters. The van der Waals surface area contributed by atoms with E-state index in [0.29, 0.717) is 5.95 Å². The summed E-state index contributed by atoms with van der Waals surface area (Å²) < 4.78 is 0. The van der Waals surface area contributed by atoms with Gasteiger partial charge in [0.2, 0.25) is 5.95 Å². The predicted molar refractivity (Wildman–Crippen MR) is 59.2 cm³/mol. The van der Waals surface area contributed by atoms with E-state index in [1.165, 1.54) is 9.75 Å². The second-order valence-electron chi connectivity index (χ2n) is 3.13. The minimum absolute atomic E-state index is 0.325. The lowest BCUT2D eigenvalue weighted by Crippen LogP contribution is -1.94. The molecule has 0 fully saturated rings. The maximum atomic E-state index is 5.53. The number of nitrogens with zero attached hydrogens (tertiary/aromatic N) is 2. The predicted octanol–water partition coefficient (Wildman–Crippen LogP) is 2.40. The highest BCUT2D eigenvalue weighted by Crippen LogP contribution is 2.29. The molecule has 0 aliphatic rings. The monoisotopic (exact) mass is 205 g/mol. The summed E-state index contributed by atoms with van der Waals surface area (Å²) in [5.74, 6) is 0.325. The van der Waals surface area contributed by atoms with E-state index in [4.69, 9.17) is 5.73 Å². The van der Waals surface area contributed by atoms with E-state index >= 15 is 0 Å². The summed E-state index contributed by atoms with van der Waals surface area (Å²) in [5, 5.41) is 0. The Hall–Kier alpha value is -1.42. The largest absolute Gasteiger partial charge is 0.368 e. The summed E-state index contributed by atoms with van der Waals surface area (Å²) in [4.78, 5) is 10.6. The first-order chi connectivity index (χ1) is 6.66. The quantitative estimate of drug-likeness (QED) is 0.777. The average molecular weight is 205 g/mol. The van der Waals surface area contributed by atoms with Crippen molar-refractivity contribution in [3.8, 4) is 11.3 Å². The Morgan fingerprint density at radius 2 is 2.14 bits per heavy atom. The zero-order valence-electron chi connectivity index (χ0n) is 8.11. The van der Waals surface area contributed by atoms with Crippen LogP contribution in [0.2, 0.25) is 0 Å². The van der Waals surface area contributed by atoms with Crippen LogP contribution >= 0.6 is 11.3 Å². The third kappa shape index (κ3) is 1.61. The topological polar surface area (TPSA) is 51.8 Å². The van der Waals surface area contributed by atoms with Crippen LogP contribution < -0.4 is 5.73 Å². The van der Waals surface area contributed by atoms with Crippen molar-refractivity contribution in [1.82, 2.24) is 9.97 Å². The van der Waals surface area contributed by atoms with Crippen LogP contribution in [0.3, 0.4) is 0 Å². The molecule has 0 radical (unpaired) electrons. The smallest absolute Gasteiger partial charge is 0.220 e. The zero-order chi connectivity index (χ0) is 10.1. The van der Waals surface area contributed by atoms with Crippen molar-refractivity contribution in [3.05, 3.63) is 28.1 Å². The van der Waals surface area contributed by atoms with Gasteiger partial charge in [0.15, 0.2) is 0 Å². The summed E-state index contributed by atoms with van der Waals surface area (Å²) in [6, 6.07) is 4.01. The summed E-state index contributed by atoms with van der Waals surface area (Å²) >= 11 is 1.77. The third-order valence-corrected chi connectivity index (χ3v) is 2.96. The first-order valence-corrected chi connectivity index (χ1v) is 5.14. The highest BCUT2D eigenvalue weighted by molar-refractivity contribution is 7.12. The van der Waals surface area contributed by atoms with Crippen molar-refractivity contribution in [1.29, 1.82) is 0 Å². The molecule has 2 rings (SSSR count). The number of rotatable bonds is 1. The fraction of sp³-hybridized carbons (Fsp3) is 0.200. The molecular formula is C10H11N3S. The van der Waals surface area contributed by atoms with Crippen molar-refractivity contribution in [2.45, 2.75) is 13.8 Å². The molecule has 0 saturated carbocycles. The van der Waals surface area contributed by atoms with Gasteiger partial charge in [-0.1, -0.05) is 0 Å². The summed E-state index contributed by atoms with van der Waals surface area (Å²) in [6.45, 7) is 4.18. The van der Waals surface area contributed by atoms with Gasteiger partial charge in [-0.15, -0.1) is 11.3 Å². The first kappa shape index (κ1) is 9.15. The first-order valence-electron chi connectivity index (χ1n) is 4.33. The van der Waals surface area contributed by atoms with Gasteiger partial charge in [-0.2, -0.15) is 0 Å². The van der Waals surface area contributed by atoms with Crippen LogP contribution in [0.25, 0.3) is 11.3 Å². The molecule has 0 aliphatic heterocycles. The molecule has 0 bridgehead atoms. The molecule has 0 aliphatic carbocycles. The minimum atomic E-state index is 0.325. The zero-order valence-corrected chi connectivity index (χ0v) is 8.93. The van der Waals surface area contributed by atoms with Crippen LogP contribution in [-0.4, -0.2) is 9.97 Å². The average Bonchev–Trinajstić information content (AvgIpc) is 2.45. The third-order valence-electron chi connectivity index (χ3n) is 1.99. The molecule has 0 saturated heterocycles. The van der Waals surface area contributed by atoms with Gasteiger partial charge in [-0.05, 0) is 26.0 Å². The fourth-order valence-corrected chi connectivity index (χ4v) is 2.34. The van der Waals surface area contributed by atoms with Crippen molar-refractivity contribution in [2.24, 2.45) is 0 Å². The molecule has 0 spiro atoms. The molecule has 0 atom stereocenters. The molecule has 2 aromatic heterocycles. The van der Waals surface area contributed by atoms with Crippen LogP contribution in [0, 0.1) is 13.8 Å². The van der Waals surface area contributed by atoms with Crippen LogP contribution in [-0.2, 0) is 0 Å². The van der Waals surface area contributed by atoms with Gasteiger partial charge >= 0.3 is 0 Å². The number of hydrogen-bond donors (Lipinski definition) is 1. The molecule has 2 aromatic rings. The Labute approximate surface area is 86.6 Å². The Bertz CT molecular complexity index is 462. The number of aryl methyl sites for hydroxylation is 2. The lowest BCUT2D eigenvalue weighted by molar-refractivity contribution is 1.19. The summed E-state index contributed by atoms with van der Waals surface area (Å²) in [5.41, 5.74) is 7.59. The van der Waals surface area contributed by atoms with Crippen molar-refractivity contribution in [2.75, 3.05) is 5.73 Å². The van der Waals surface area contributed by atoms with E-state index in [1.807, 2.05) is 6.07 Å². The Kier molecular flexibility index (Phi) is 2.21. The maximum Gasteiger partial charge on any atom is 0.220 e. The fourth-order valence-electron chi connectivity index (χ4n) is 1.41. The molecule has 0 aromatic carbocycles. The minimum Gasteiger partial charge on any atom is -0.368 e. The normalized spacial score (nSPS) is 10.4. The number of anilines is 1. The van der Waals surface area contributed by atoms with Gasteiger partial charge in [0.05, 0.1) is 5.69 Å². The van der Waals surface area contributed by atoms with E-state index in [-0.39, 0.29) is 0 Å². The summed E-state index contributed by atoms with van der Waals surface area (Å²) in [6.07, 6.45) is 1.68. The highest BCUT2D eigenvalue weighted by atomic mass is 32.1. The molecule has 2 heterocycles. The highest BCUT2D eigenvalue weighted by Gasteiger charge is 2.06. The summed E-state index contributed by atoms with van der Waals surface area (Å²) in [7, 11) is 0. The van der Waals surface area contributed by atoms with Crippen molar-refractivity contribution >= 4 is 17.3 Å². The number of nitrogens with two attached hydrogens (primary N) is 1. The van der Waals surface area contributed by atoms with Crippen molar-refractivity contribution < 1.29 is 0 Å². The molecule has 72 valence electrons. The standard InChI is InChI=1S/C10H11N3S/c1-6-5-8(7(2)14-6)9-3-4-12-10(11)13-9/h3-5H,1-2H3,(H2,11,12,13). The molecule has 2 N–H and O–H groups in total. The number of hydrogen-bond acceptors (Lipinski definition) is 4. The van der Waals surface area contributed by atoms with Gasteiger partial charge in [-0.25, -0.2) is 9.97 Å². The van der Waals surface area contributed by atoms with Gasteiger partial charge in [0, 0.05) is 21.5 Å². The second kappa shape index (κ2) is 3.38. The SMILES string of the molecule is Cc1cc(-c2ccnc(N)n2)c(C)s1. The molecule has 14 heavy (non-hydrogen) atoms. The number of thiophene rings is 1. The lowest BCUT2D eigenvalue weighted by atomic mass is 10.2. The Morgan fingerprint density at radius 3 is 2.71 bits per heavy atom. The lowest BCUT2D eigenvalue weighted by Gasteiger charge is -1.98. The van der Waals surface area contributed by atoms with Crippen molar-refractivity contribution in [3.63, 3.8) is 0 Å². The van der Waals surface area contributed by atoms with E-state index in [2.05, 4.69) is 29.9 Å². The Morgan fingerprint density at radius 1 is 1.36 bits per heavy atom. The second-order valence-corrected chi connectivity index (χ2v) is 4.59. The van der Waals surface area contributed by atoms with E-state index in [0.717, 1.165) is 11.3 Å². The molecule has 3 nitrogen and oxygen atoms in total. The van der Waals surface area contributed by atoms with E-state index < -0.39 is 0 Å². The van der Waals surface area contributed by atoms with E-state index in [9.17, 15) is 0 Å². The Balaban J connectivity index is 2.54. The van der Waals surface area contributed by atoms with Gasteiger partial charge in [0.25, 0.3) is 0 Å². The van der Waals surface area contributed by atoms with Gasteiger partial charge < -0.3 is 5.73 Å². The van der Waals surface area contributed by atoms with Gasteiger partial charge in [-0.3, -0.25) is 0 Å². The van der Waals surface area contributed by atoms with Crippen LogP contribution in [0.5, 0.6) is 0 Å². The number of aromatic nitrogens is 2. The molecule has 4 heteroatoms. The molecule has 0 amide bonds. The van der Waals surface area contributed by atoms with E-state index in [1.54, 1.807) is 17.5 Å². The number of nitrogen functional groups attached to an aromatic ring is 1. The van der Waals surface area contributed by atoms with Crippen LogP contribution in [0.1, 0.15) is 9.75 Å². The maximum absolute atomic E-state index is 5.53. The van der Waals surface area contributed by atoms with Crippen LogP contribution in [0.15, 0.2) is 18.3 Å². The molecular weight excluding hydrogens is 194 g/mol.